The zero-order valence-corrected chi connectivity index (χ0v) is 19.7. The number of imidazole rings is 1. The topological polar surface area (TPSA) is 142 Å². The number of carbonyl (C=O) groups excluding carboxylic acids is 1. The van der Waals surface area contributed by atoms with E-state index in [0.29, 0.717) is 0 Å². The van der Waals surface area contributed by atoms with Gasteiger partial charge in [-0.1, -0.05) is 35.0 Å². The number of nitrogens with zero attached hydrogens (tertiary/aromatic N) is 4. The number of benzene rings is 1. The van der Waals surface area contributed by atoms with Gasteiger partial charge < -0.3 is 11.1 Å². The molecule has 0 aliphatic rings. The first kappa shape index (κ1) is 22.9. The standard InChI is InChI=1S/C19H23BrN6O4S/c1-4-31(29,30)11(2)9-14-23-16(21)15-17(24-14)25(19(28)26(15)18(27)22-3)10-12-5-7-13(20)8-6-12/h5-8,11H,4,9-10H2,1-3H3,(H,22,27)(H2,21,23,24). The van der Waals surface area contributed by atoms with Gasteiger partial charge in [-0.25, -0.2) is 32.5 Å². The normalized spacial score (nSPS) is 12.8. The summed E-state index contributed by atoms with van der Waals surface area (Å²) >= 11 is 3.37. The molecule has 0 spiro atoms. The Morgan fingerprint density at radius 1 is 1.26 bits per heavy atom. The zero-order chi connectivity index (χ0) is 22.9. The van der Waals surface area contributed by atoms with Crippen LogP contribution in [0.2, 0.25) is 0 Å². The van der Waals surface area contributed by atoms with Gasteiger partial charge in [-0.2, -0.15) is 0 Å². The summed E-state index contributed by atoms with van der Waals surface area (Å²) in [4.78, 5) is 34.1. The Morgan fingerprint density at radius 2 is 1.90 bits per heavy atom. The van der Waals surface area contributed by atoms with Crippen LogP contribution in [-0.2, 0) is 22.8 Å². The number of rotatable bonds is 6. The van der Waals surface area contributed by atoms with Crippen molar-refractivity contribution in [2.45, 2.75) is 32.1 Å². The van der Waals surface area contributed by atoms with Gasteiger partial charge >= 0.3 is 11.7 Å². The third-order valence-corrected chi connectivity index (χ3v) is 7.72. The molecule has 2 heterocycles. The summed E-state index contributed by atoms with van der Waals surface area (Å²) in [5.41, 5.74) is 6.54. The average molecular weight is 511 g/mol. The van der Waals surface area contributed by atoms with Crippen molar-refractivity contribution in [2.24, 2.45) is 0 Å². The SMILES string of the molecule is CCS(=O)(=O)C(C)Cc1nc(N)c2c(n1)n(Cc1ccc(Br)cc1)c(=O)n2C(=O)NC. The summed E-state index contributed by atoms with van der Waals surface area (Å²) in [6.45, 7) is 3.29. The molecule has 10 nitrogen and oxygen atoms in total. The van der Waals surface area contributed by atoms with Gasteiger partial charge in [-0.05, 0) is 24.6 Å². The fourth-order valence-corrected chi connectivity index (χ4v) is 4.43. The molecule has 2 aromatic heterocycles. The van der Waals surface area contributed by atoms with Gasteiger partial charge in [0.1, 0.15) is 11.3 Å². The van der Waals surface area contributed by atoms with Crippen molar-refractivity contribution in [1.82, 2.24) is 24.4 Å². The molecule has 1 aromatic carbocycles. The van der Waals surface area contributed by atoms with Crippen LogP contribution in [0.3, 0.4) is 0 Å². The number of anilines is 1. The fourth-order valence-electron chi connectivity index (χ4n) is 3.19. The molecule has 0 fully saturated rings. The first-order chi connectivity index (χ1) is 14.6. The predicted octanol–water partition coefficient (Wildman–Crippen LogP) is 1.54. The number of amides is 1. The molecule has 3 aromatic rings. The Labute approximate surface area is 187 Å². The minimum Gasteiger partial charge on any atom is -0.382 e. The molecular weight excluding hydrogens is 488 g/mol. The van der Waals surface area contributed by atoms with Crippen LogP contribution in [0.1, 0.15) is 25.2 Å². The summed E-state index contributed by atoms with van der Waals surface area (Å²) in [6, 6.07) is 6.67. The quantitative estimate of drug-likeness (QED) is 0.511. The first-order valence-corrected chi connectivity index (χ1v) is 12.1. The van der Waals surface area contributed by atoms with Gasteiger partial charge in [0.25, 0.3) is 0 Å². The second-order valence-electron chi connectivity index (χ2n) is 7.05. The third kappa shape index (κ3) is 4.49. The maximum Gasteiger partial charge on any atom is 0.339 e. The van der Waals surface area contributed by atoms with Crippen LogP contribution < -0.4 is 16.7 Å². The van der Waals surface area contributed by atoms with Gasteiger partial charge in [0, 0.05) is 23.7 Å². The van der Waals surface area contributed by atoms with Gasteiger partial charge in [0.05, 0.1) is 11.8 Å². The van der Waals surface area contributed by atoms with E-state index < -0.39 is 26.8 Å². The molecule has 0 radical (unpaired) electrons. The summed E-state index contributed by atoms with van der Waals surface area (Å²) in [5, 5.41) is 1.69. The number of fused-ring (bicyclic) bond motifs is 1. The van der Waals surface area contributed by atoms with Gasteiger partial charge in [-0.15, -0.1) is 0 Å². The number of aromatic nitrogens is 4. The highest BCUT2D eigenvalue weighted by atomic mass is 79.9. The lowest BCUT2D eigenvalue weighted by Gasteiger charge is -2.11. The summed E-state index contributed by atoms with van der Waals surface area (Å²) < 4.78 is 27.4. The van der Waals surface area contributed by atoms with Crippen molar-refractivity contribution in [3.63, 3.8) is 0 Å². The van der Waals surface area contributed by atoms with E-state index >= 15 is 0 Å². The molecule has 0 aliphatic heterocycles. The minimum atomic E-state index is -3.31. The molecule has 12 heteroatoms. The van der Waals surface area contributed by atoms with Gasteiger partial charge in [-0.3, -0.25) is 4.57 Å². The van der Waals surface area contributed by atoms with E-state index in [1.807, 2.05) is 24.3 Å². The van der Waals surface area contributed by atoms with E-state index in [1.165, 1.54) is 11.6 Å². The summed E-state index contributed by atoms with van der Waals surface area (Å²) in [7, 11) is -1.91. The van der Waals surface area contributed by atoms with Crippen molar-refractivity contribution < 1.29 is 13.2 Å². The van der Waals surface area contributed by atoms with Crippen molar-refractivity contribution in [3.8, 4) is 0 Å². The van der Waals surface area contributed by atoms with Crippen molar-refractivity contribution in [1.29, 1.82) is 0 Å². The molecule has 1 unspecified atom stereocenters. The van der Waals surface area contributed by atoms with Crippen LogP contribution >= 0.6 is 15.9 Å². The average Bonchev–Trinajstić information content (AvgIpc) is 3.01. The molecule has 0 bridgehead atoms. The molecule has 3 rings (SSSR count). The van der Waals surface area contributed by atoms with E-state index in [0.717, 1.165) is 14.6 Å². The Kier molecular flexibility index (Phi) is 6.51. The Balaban J connectivity index is 2.19. The smallest absolute Gasteiger partial charge is 0.339 e. The zero-order valence-electron chi connectivity index (χ0n) is 17.3. The molecule has 0 saturated carbocycles. The lowest BCUT2D eigenvalue weighted by Crippen LogP contribution is -2.35. The molecule has 1 amide bonds. The highest BCUT2D eigenvalue weighted by molar-refractivity contribution is 9.10. The van der Waals surface area contributed by atoms with E-state index in [9.17, 15) is 18.0 Å². The van der Waals surface area contributed by atoms with Crippen molar-refractivity contribution in [3.05, 3.63) is 50.6 Å². The van der Waals surface area contributed by atoms with Crippen LogP contribution in [0.4, 0.5) is 10.6 Å². The number of hydrogen-bond acceptors (Lipinski definition) is 7. The van der Waals surface area contributed by atoms with Crippen molar-refractivity contribution in [2.75, 3.05) is 18.5 Å². The molecule has 1 atom stereocenters. The third-order valence-electron chi connectivity index (χ3n) is 5.00. The lowest BCUT2D eigenvalue weighted by atomic mass is 10.2. The fraction of sp³-hybridized carbons (Fsp3) is 0.368. The van der Waals surface area contributed by atoms with E-state index in [1.54, 1.807) is 13.8 Å². The van der Waals surface area contributed by atoms with Crippen LogP contribution in [0.15, 0.2) is 33.5 Å². The Bertz CT molecular complexity index is 1300. The van der Waals surface area contributed by atoms with Crippen molar-refractivity contribution >= 4 is 48.8 Å². The number of carbonyl (C=O) groups is 1. The van der Waals surface area contributed by atoms with Crippen LogP contribution in [0.25, 0.3) is 11.2 Å². The maximum absolute atomic E-state index is 13.1. The summed E-state index contributed by atoms with van der Waals surface area (Å²) in [6.07, 6.45) is 0.0357. The predicted molar refractivity (Wildman–Crippen MR) is 122 cm³/mol. The van der Waals surface area contributed by atoms with Crippen LogP contribution in [-0.4, -0.2) is 51.6 Å². The monoisotopic (exact) mass is 510 g/mol. The highest BCUT2D eigenvalue weighted by Gasteiger charge is 2.25. The van der Waals surface area contributed by atoms with Crippen LogP contribution in [0, 0.1) is 0 Å². The van der Waals surface area contributed by atoms with E-state index in [4.69, 9.17) is 5.73 Å². The largest absolute Gasteiger partial charge is 0.382 e. The maximum atomic E-state index is 13.1. The number of nitrogens with one attached hydrogen (secondary N) is 1. The van der Waals surface area contributed by atoms with E-state index in [-0.39, 0.29) is 41.5 Å². The Hall–Kier alpha value is -2.73. The van der Waals surface area contributed by atoms with Gasteiger partial charge in [0.2, 0.25) is 0 Å². The number of hydrogen-bond donors (Lipinski definition) is 2. The number of nitrogen functional groups attached to an aromatic ring is 1. The minimum absolute atomic E-state index is 0.00673. The van der Waals surface area contributed by atoms with Gasteiger partial charge in [0.15, 0.2) is 21.3 Å². The number of sulfone groups is 1. The molecule has 0 aliphatic carbocycles. The second kappa shape index (κ2) is 8.79. The molecule has 166 valence electrons. The lowest BCUT2D eigenvalue weighted by molar-refractivity contribution is 0.244. The highest BCUT2D eigenvalue weighted by Crippen LogP contribution is 2.20. The van der Waals surface area contributed by atoms with E-state index in [2.05, 4.69) is 31.2 Å². The summed E-state index contributed by atoms with van der Waals surface area (Å²) in [5.74, 6) is 0.109. The number of nitrogens with two attached hydrogens (primary N) is 1. The van der Waals surface area contributed by atoms with Crippen LogP contribution in [0.5, 0.6) is 0 Å². The molecule has 31 heavy (non-hydrogen) atoms. The first-order valence-electron chi connectivity index (χ1n) is 9.54. The molecule has 3 N–H and O–H groups in total. The number of halogens is 1. The molecule has 0 saturated heterocycles. The second-order valence-corrected chi connectivity index (χ2v) is 10.7. The Morgan fingerprint density at radius 3 is 2.48 bits per heavy atom. The molecular formula is C19H23BrN6O4S.